The van der Waals surface area contributed by atoms with Gasteiger partial charge in [0.2, 0.25) is 5.84 Å². The van der Waals surface area contributed by atoms with Crippen molar-refractivity contribution in [3.8, 4) is 5.75 Å². The number of carbonyl (C=O) groups is 1. The molecular weight excluding hydrogens is 356 g/mol. The first-order chi connectivity index (χ1) is 13.8. The summed E-state index contributed by atoms with van der Waals surface area (Å²) in [6.07, 6.45) is 0. The summed E-state index contributed by atoms with van der Waals surface area (Å²) >= 11 is 0. The fourth-order valence-electron chi connectivity index (χ4n) is 3.60. The summed E-state index contributed by atoms with van der Waals surface area (Å²) < 4.78 is 13.5. The van der Waals surface area contributed by atoms with Crippen LogP contribution in [-0.4, -0.2) is 22.5 Å². The van der Waals surface area contributed by atoms with Gasteiger partial charge in [-0.05, 0) is 18.2 Å². The third-order valence-corrected chi connectivity index (χ3v) is 4.87. The Morgan fingerprint density at radius 3 is 2.50 bits per heavy atom. The highest BCUT2D eigenvalue weighted by molar-refractivity contribution is 6.00. The predicted molar refractivity (Wildman–Crippen MR) is 99.5 cm³/mol. The van der Waals surface area contributed by atoms with Crippen LogP contribution < -0.4 is 9.75 Å². The third-order valence-electron chi connectivity index (χ3n) is 4.87. The summed E-state index contributed by atoms with van der Waals surface area (Å²) in [6, 6.07) is 22.6. The summed E-state index contributed by atoms with van der Waals surface area (Å²) in [5.41, 5.74) is 2.56. The van der Waals surface area contributed by atoms with Gasteiger partial charge in [-0.25, -0.2) is 4.79 Å². The van der Waals surface area contributed by atoms with Crippen molar-refractivity contribution in [3.63, 3.8) is 0 Å². The predicted octanol–water partition coefficient (Wildman–Crippen LogP) is 3.84. The number of hydrazone groups is 1. The van der Waals surface area contributed by atoms with Gasteiger partial charge in [-0.2, -0.15) is 0 Å². The largest absolute Gasteiger partial charge is 0.626 e. The summed E-state index contributed by atoms with van der Waals surface area (Å²) in [5, 5.41) is 11.0. The number of nitrogens with zero attached hydrogens (tertiary/aromatic N) is 4. The van der Waals surface area contributed by atoms with Crippen LogP contribution >= 0.6 is 0 Å². The number of carbonyl (C=O) groups excluding carboxylic acids is 1. The van der Waals surface area contributed by atoms with E-state index in [9.17, 15) is 4.79 Å². The van der Waals surface area contributed by atoms with E-state index in [2.05, 4.69) is 5.10 Å². The van der Waals surface area contributed by atoms with Gasteiger partial charge < -0.3 is 9.47 Å². The van der Waals surface area contributed by atoms with Crippen LogP contribution in [0.3, 0.4) is 0 Å². The third kappa shape index (κ3) is 1.87. The lowest BCUT2D eigenvalue weighted by Gasteiger charge is -2.32. The van der Waals surface area contributed by atoms with Crippen molar-refractivity contribution in [2.75, 3.05) is 5.01 Å². The number of para-hydroxylation sites is 3. The van der Waals surface area contributed by atoms with E-state index in [0.717, 1.165) is 5.56 Å². The molecule has 3 heterocycles. The van der Waals surface area contributed by atoms with Crippen LogP contribution in [0.25, 0.3) is 0 Å². The lowest BCUT2D eigenvalue weighted by Crippen LogP contribution is -2.61. The maximum atomic E-state index is 12.7. The van der Waals surface area contributed by atoms with E-state index in [-0.39, 0.29) is 0 Å². The summed E-state index contributed by atoms with van der Waals surface area (Å²) in [5.74, 6) is 0.565. The minimum absolute atomic E-state index is 0.422. The standard InChI is InChI=1S/C21H13N4O3/c26-20-15-10-4-5-11-16(15)24-21(28-20)25(17-12-6-7-13-18(17)27-21)23-19(22-24)14-8-2-1-3-9-14/h1-13H/q+1. The fraction of sp³-hybridized carbons (Fsp3) is 0.0476. The van der Waals surface area contributed by atoms with Gasteiger partial charge in [0.15, 0.2) is 5.75 Å². The second-order valence-corrected chi connectivity index (χ2v) is 6.54. The lowest BCUT2D eigenvalue weighted by molar-refractivity contribution is -0.687. The molecule has 1 atom stereocenters. The van der Waals surface area contributed by atoms with Crippen LogP contribution in [0.1, 0.15) is 15.9 Å². The Kier molecular flexibility index (Phi) is 2.84. The smallest absolute Gasteiger partial charge is 0.375 e. The van der Waals surface area contributed by atoms with Crippen molar-refractivity contribution in [3.05, 3.63) is 90.0 Å². The molecule has 3 aromatic carbocycles. The van der Waals surface area contributed by atoms with E-state index in [4.69, 9.17) is 14.6 Å². The lowest BCUT2D eigenvalue weighted by atomic mass is 10.1. The molecule has 0 bridgehead atoms. The number of fused-ring (bicyclic) bond motifs is 4. The topological polar surface area (TPSA) is 66.5 Å². The number of rotatable bonds is 1. The molecule has 0 aliphatic carbocycles. The molecular formula is C21H13N4O3+. The summed E-state index contributed by atoms with van der Waals surface area (Å²) in [6.45, 7) is 0. The number of azo groups is 2. The van der Waals surface area contributed by atoms with Crippen molar-refractivity contribution < 1.29 is 19.0 Å². The maximum Gasteiger partial charge on any atom is 0.626 e. The van der Waals surface area contributed by atoms with Gasteiger partial charge in [-0.1, -0.05) is 54.6 Å². The Labute approximate surface area is 159 Å². The van der Waals surface area contributed by atoms with Crippen LogP contribution in [0.4, 0.5) is 11.4 Å². The zero-order valence-electron chi connectivity index (χ0n) is 14.5. The van der Waals surface area contributed by atoms with E-state index < -0.39 is 12.0 Å². The molecule has 0 fully saturated rings. The van der Waals surface area contributed by atoms with Crippen LogP contribution in [0.2, 0.25) is 0 Å². The van der Waals surface area contributed by atoms with Crippen LogP contribution in [0.15, 0.2) is 89.1 Å². The number of hydrogen-bond acceptors (Lipinski definition) is 6. The van der Waals surface area contributed by atoms with E-state index in [1.165, 1.54) is 0 Å². The summed E-state index contributed by atoms with van der Waals surface area (Å²) in [7, 11) is 0. The highest BCUT2D eigenvalue weighted by Gasteiger charge is 2.69. The molecule has 0 aromatic heterocycles. The number of anilines is 1. The molecule has 1 unspecified atom stereocenters. The van der Waals surface area contributed by atoms with Gasteiger partial charge in [0.1, 0.15) is 11.3 Å². The minimum Gasteiger partial charge on any atom is -0.375 e. The van der Waals surface area contributed by atoms with E-state index >= 15 is 0 Å². The van der Waals surface area contributed by atoms with Crippen LogP contribution in [-0.2, 0) is 4.74 Å². The Morgan fingerprint density at radius 1 is 0.857 bits per heavy atom. The maximum absolute atomic E-state index is 12.7. The second kappa shape index (κ2) is 5.26. The van der Waals surface area contributed by atoms with Crippen molar-refractivity contribution >= 4 is 23.2 Å². The van der Waals surface area contributed by atoms with Gasteiger partial charge in [0, 0.05) is 21.4 Å². The van der Waals surface area contributed by atoms with E-state index in [1.807, 2.05) is 66.7 Å². The van der Waals surface area contributed by atoms with E-state index in [0.29, 0.717) is 28.5 Å². The SMILES string of the molecule is O=C1OC23Oc4ccccc4N2N=C(c2ccccc2)N=[N+]3c2ccccc21. The van der Waals surface area contributed by atoms with Gasteiger partial charge >= 0.3 is 12.0 Å². The van der Waals surface area contributed by atoms with Crippen LogP contribution in [0, 0.1) is 0 Å². The zero-order valence-corrected chi connectivity index (χ0v) is 14.5. The number of hydrogen-bond donors (Lipinski definition) is 0. The second-order valence-electron chi connectivity index (χ2n) is 6.54. The quantitative estimate of drug-likeness (QED) is 0.483. The van der Waals surface area contributed by atoms with Gasteiger partial charge in [0.25, 0.3) is 5.69 Å². The van der Waals surface area contributed by atoms with Crippen molar-refractivity contribution in [1.29, 1.82) is 0 Å². The first-order valence-electron chi connectivity index (χ1n) is 8.83. The molecule has 0 N–H and O–H groups in total. The molecule has 1 spiro atoms. The monoisotopic (exact) mass is 369 g/mol. The number of amidine groups is 1. The molecule has 134 valence electrons. The molecule has 3 aliphatic heterocycles. The van der Waals surface area contributed by atoms with Crippen molar-refractivity contribution in [2.24, 2.45) is 10.2 Å². The molecule has 3 aliphatic rings. The highest BCUT2D eigenvalue weighted by Crippen LogP contribution is 2.49. The van der Waals surface area contributed by atoms with Crippen LogP contribution in [0.5, 0.6) is 5.75 Å². The highest BCUT2D eigenvalue weighted by atomic mass is 16.8. The number of benzene rings is 3. The Balaban J connectivity index is 1.65. The molecule has 28 heavy (non-hydrogen) atoms. The average Bonchev–Trinajstić information content (AvgIpc) is 3.07. The molecule has 0 saturated heterocycles. The molecule has 3 aromatic rings. The minimum atomic E-state index is -1.62. The number of ether oxygens (including phenoxy) is 2. The first-order valence-corrected chi connectivity index (χ1v) is 8.83. The van der Waals surface area contributed by atoms with Gasteiger partial charge in [0.05, 0.1) is 0 Å². The van der Waals surface area contributed by atoms with Crippen molar-refractivity contribution in [1.82, 2.24) is 0 Å². The normalized spacial score (nSPS) is 21.3. The molecule has 0 radical (unpaired) electrons. The summed E-state index contributed by atoms with van der Waals surface area (Å²) in [4.78, 5) is 12.7. The fourth-order valence-corrected chi connectivity index (χ4v) is 3.60. The molecule has 6 rings (SSSR count). The van der Waals surface area contributed by atoms with Gasteiger partial charge in [-0.15, -0.1) is 10.1 Å². The molecule has 0 saturated carbocycles. The Hall–Kier alpha value is -4.00. The Bertz CT molecular complexity index is 1210. The molecule has 7 heteroatoms. The average molecular weight is 369 g/mol. The Morgan fingerprint density at radius 2 is 1.61 bits per heavy atom. The van der Waals surface area contributed by atoms with E-state index in [1.54, 1.807) is 21.8 Å². The molecule has 0 amide bonds. The van der Waals surface area contributed by atoms with Gasteiger partial charge in [-0.3, -0.25) is 0 Å². The number of esters is 1. The first kappa shape index (κ1) is 15.1. The molecule has 7 nitrogen and oxygen atoms in total. The zero-order chi connectivity index (χ0) is 18.7. The van der Waals surface area contributed by atoms with Crippen molar-refractivity contribution in [2.45, 2.75) is 6.03 Å².